The molecule has 7 heteroatoms. The third-order valence-corrected chi connectivity index (χ3v) is 5.96. The minimum Gasteiger partial charge on any atom is -0.258 e. The van der Waals surface area contributed by atoms with Gasteiger partial charge in [-0.1, -0.05) is 51.1 Å². The van der Waals surface area contributed by atoms with Crippen LogP contribution in [0.15, 0.2) is 47.4 Å². The van der Waals surface area contributed by atoms with Gasteiger partial charge in [0.05, 0.1) is 9.82 Å². The van der Waals surface area contributed by atoms with E-state index in [1.807, 2.05) is 24.3 Å². The molecule has 0 heterocycles. The lowest BCUT2D eigenvalue weighted by Gasteiger charge is -2.21. The Bertz CT molecular complexity index is 914. The summed E-state index contributed by atoms with van der Waals surface area (Å²) in [4.78, 5) is 10.3. The largest absolute Gasteiger partial charge is 0.270 e. The highest BCUT2D eigenvalue weighted by Crippen LogP contribution is 2.26. The van der Waals surface area contributed by atoms with Crippen LogP contribution in [0.1, 0.15) is 50.4 Å². The summed E-state index contributed by atoms with van der Waals surface area (Å²) in [5, 5.41) is 10.9. The summed E-state index contributed by atoms with van der Waals surface area (Å²) in [5.74, 6) is 0. The molecule has 26 heavy (non-hydrogen) atoms. The number of nitro benzene ring substituents is 1. The van der Waals surface area contributed by atoms with Gasteiger partial charge in [0.1, 0.15) is 0 Å². The maximum atomic E-state index is 12.7. The van der Waals surface area contributed by atoms with E-state index in [-0.39, 0.29) is 16.0 Å². The van der Waals surface area contributed by atoms with Crippen LogP contribution in [-0.2, 0) is 15.4 Å². The second-order valence-electron chi connectivity index (χ2n) is 7.42. The van der Waals surface area contributed by atoms with Gasteiger partial charge >= 0.3 is 0 Å². The Labute approximate surface area is 154 Å². The van der Waals surface area contributed by atoms with Crippen molar-refractivity contribution in [2.75, 3.05) is 0 Å². The molecule has 0 unspecified atom stereocenters. The minimum absolute atomic E-state index is 0.0152. The van der Waals surface area contributed by atoms with Crippen LogP contribution in [0.3, 0.4) is 0 Å². The predicted molar refractivity (Wildman–Crippen MR) is 102 cm³/mol. The quantitative estimate of drug-likeness (QED) is 0.624. The molecule has 0 radical (unpaired) electrons. The average Bonchev–Trinajstić information content (AvgIpc) is 2.53. The van der Waals surface area contributed by atoms with Crippen LogP contribution in [0, 0.1) is 17.0 Å². The maximum absolute atomic E-state index is 12.7. The minimum atomic E-state index is -3.89. The molecule has 1 N–H and O–H groups in total. The molecular formula is C19H24N2O4S. The second kappa shape index (κ2) is 7.17. The van der Waals surface area contributed by atoms with Gasteiger partial charge in [0.25, 0.3) is 5.69 Å². The van der Waals surface area contributed by atoms with E-state index in [0.29, 0.717) is 5.56 Å². The van der Waals surface area contributed by atoms with Crippen molar-refractivity contribution in [3.63, 3.8) is 0 Å². The number of rotatable bonds is 5. The summed E-state index contributed by atoms with van der Waals surface area (Å²) >= 11 is 0. The highest BCUT2D eigenvalue weighted by Gasteiger charge is 2.23. The highest BCUT2D eigenvalue weighted by atomic mass is 32.2. The van der Waals surface area contributed by atoms with E-state index in [1.165, 1.54) is 12.1 Å². The zero-order valence-electron chi connectivity index (χ0n) is 15.6. The molecule has 2 aromatic carbocycles. The van der Waals surface area contributed by atoms with E-state index in [4.69, 9.17) is 0 Å². The van der Waals surface area contributed by atoms with Crippen molar-refractivity contribution < 1.29 is 13.3 Å². The fourth-order valence-corrected chi connectivity index (χ4v) is 4.12. The fourth-order valence-electron chi connectivity index (χ4n) is 2.63. The normalized spacial score (nSPS) is 13.4. The molecule has 0 aromatic heterocycles. The molecule has 0 saturated heterocycles. The Balaban J connectivity index is 2.29. The molecule has 2 rings (SSSR count). The molecule has 140 valence electrons. The summed E-state index contributed by atoms with van der Waals surface area (Å²) in [5.41, 5.74) is 2.20. The van der Waals surface area contributed by atoms with Crippen molar-refractivity contribution in [3.05, 3.63) is 69.3 Å². The Kier molecular flexibility index (Phi) is 5.53. The van der Waals surface area contributed by atoms with Gasteiger partial charge in [-0.25, -0.2) is 13.1 Å². The Morgan fingerprint density at radius 1 is 1.08 bits per heavy atom. The average molecular weight is 376 g/mol. The van der Waals surface area contributed by atoms with Crippen LogP contribution in [0.5, 0.6) is 0 Å². The first kappa shape index (κ1) is 20.1. The van der Waals surface area contributed by atoms with Gasteiger partial charge in [-0.2, -0.15) is 0 Å². The molecule has 0 bridgehead atoms. The van der Waals surface area contributed by atoms with Crippen molar-refractivity contribution in [3.8, 4) is 0 Å². The molecular weight excluding hydrogens is 352 g/mol. The maximum Gasteiger partial charge on any atom is 0.270 e. The van der Waals surface area contributed by atoms with Crippen LogP contribution in [0.2, 0.25) is 0 Å². The van der Waals surface area contributed by atoms with E-state index in [9.17, 15) is 18.5 Å². The number of nitrogens with one attached hydrogen (secondary N) is 1. The van der Waals surface area contributed by atoms with Crippen LogP contribution in [-0.4, -0.2) is 13.3 Å². The Hall–Kier alpha value is -2.25. The lowest BCUT2D eigenvalue weighted by Crippen LogP contribution is -2.27. The topological polar surface area (TPSA) is 89.3 Å². The van der Waals surface area contributed by atoms with E-state index < -0.39 is 21.0 Å². The lowest BCUT2D eigenvalue weighted by molar-refractivity contribution is -0.385. The van der Waals surface area contributed by atoms with E-state index >= 15 is 0 Å². The van der Waals surface area contributed by atoms with Gasteiger partial charge in [0.2, 0.25) is 10.0 Å². The number of aryl methyl sites for hydroxylation is 1. The second-order valence-corrected chi connectivity index (χ2v) is 9.10. The smallest absolute Gasteiger partial charge is 0.258 e. The molecule has 0 aliphatic heterocycles. The van der Waals surface area contributed by atoms with Gasteiger partial charge in [-0.3, -0.25) is 10.1 Å². The van der Waals surface area contributed by atoms with E-state index in [2.05, 4.69) is 25.5 Å². The third-order valence-electron chi connectivity index (χ3n) is 4.28. The SMILES string of the molecule is Cc1ccc([N+](=O)[O-])cc1S(=O)(=O)N[C@H](C)c1ccc(C(C)(C)C)cc1. The van der Waals surface area contributed by atoms with E-state index in [0.717, 1.165) is 17.2 Å². The van der Waals surface area contributed by atoms with Gasteiger partial charge in [0.15, 0.2) is 0 Å². The van der Waals surface area contributed by atoms with Gasteiger partial charge in [-0.05, 0) is 36.0 Å². The summed E-state index contributed by atoms with van der Waals surface area (Å²) in [6.45, 7) is 9.69. The van der Waals surface area contributed by atoms with Crippen LogP contribution >= 0.6 is 0 Å². The molecule has 1 atom stereocenters. The zero-order chi connectivity index (χ0) is 19.7. The molecule has 0 saturated carbocycles. The van der Waals surface area contributed by atoms with Crippen molar-refractivity contribution >= 4 is 15.7 Å². The number of nitro groups is 1. The first-order chi connectivity index (χ1) is 11.9. The molecule has 0 aliphatic rings. The first-order valence-electron chi connectivity index (χ1n) is 8.29. The number of sulfonamides is 1. The number of benzene rings is 2. The number of hydrogen-bond acceptors (Lipinski definition) is 4. The fraction of sp³-hybridized carbons (Fsp3) is 0.368. The van der Waals surface area contributed by atoms with E-state index in [1.54, 1.807) is 13.8 Å². The summed E-state index contributed by atoms with van der Waals surface area (Å²) in [6.07, 6.45) is 0. The van der Waals surface area contributed by atoms with Crippen molar-refractivity contribution in [1.82, 2.24) is 4.72 Å². The molecule has 0 amide bonds. The molecule has 0 aliphatic carbocycles. The van der Waals surface area contributed by atoms with Crippen LogP contribution < -0.4 is 4.72 Å². The summed E-state index contributed by atoms with van der Waals surface area (Å²) in [7, 11) is -3.89. The first-order valence-corrected chi connectivity index (χ1v) is 9.78. The monoisotopic (exact) mass is 376 g/mol. The number of nitrogens with zero attached hydrogens (tertiary/aromatic N) is 1. The van der Waals surface area contributed by atoms with Gasteiger partial charge < -0.3 is 0 Å². The standard InChI is InChI=1S/C19H24N2O4S/c1-13-6-11-17(21(22)23)12-18(13)26(24,25)20-14(2)15-7-9-16(10-8-15)19(3,4)5/h6-12,14,20H,1-5H3/t14-/m1/s1. The van der Waals surface area contributed by atoms with Crippen LogP contribution in [0.4, 0.5) is 5.69 Å². The van der Waals surface area contributed by atoms with Crippen LogP contribution in [0.25, 0.3) is 0 Å². The van der Waals surface area contributed by atoms with Gasteiger partial charge in [-0.15, -0.1) is 0 Å². The lowest BCUT2D eigenvalue weighted by atomic mass is 9.86. The van der Waals surface area contributed by atoms with Crippen molar-refractivity contribution in [2.24, 2.45) is 0 Å². The zero-order valence-corrected chi connectivity index (χ0v) is 16.4. The predicted octanol–water partition coefficient (Wildman–Crippen LogP) is 4.24. The summed E-state index contributed by atoms with van der Waals surface area (Å²) < 4.78 is 28.0. The van der Waals surface area contributed by atoms with Crippen molar-refractivity contribution in [1.29, 1.82) is 0 Å². The van der Waals surface area contributed by atoms with Crippen molar-refractivity contribution in [2.45, 2.75) is 51.0 Å². The highest BCUT2D eigenvalue weighted by molar-refractivity contribution is 7.89. The van der Waals surface area contributed by atoms with Gasteiger partial charge in [0, 0.05) is 18.2 Å². The number of non-ortho nitro benzene ring substituents is 1. The molecule has 0 spiro atoms. The number of hydrogen-bond donors (Lipinski definition) is 1. The Morgan fingerprint density at radius 2 is 1.65 bits per heavy atom. The summed E-state index contributed by atoms with van der Waals surface area (Å²) in [6, 6.07) is 11.1. The Morgan fingerprint density at radius 3 is 2.15 bits per heavy atom. The third kappa shape index (κ3) is 4.47. The molecule has 0 fully saturated rings. The molecule has 2 aromatic rings. The molecule has 6 nitrogen and oxygen atoms in total.